The molecule has 3 aromatic rings. The quantitative estimate of drug-likeness (QED) is 0.466. The number of halogens is 2. The molecule has 9 heteroatoms. The lowest BCUT2D eigenvalue weighted by Gasteiger charge is -2.23. The number of carbonyl (C=O) groups excluding carboxylic acids is 2. The number of hydrogen-bond donors (Lipinski definition) is 1. The number of aryl methyl sites for hydroxylation is 2. The lowest BCUT2D eigenvalue weighted by molar-refractivity contribution is -0.121. The van der Waals surface area contributed by atoms with E-state index in [0.717, 1.165) is 22.4 Å². The highest BCUT2D eigenvalue weighted by molar-refractivity contribution is 8.15. The summed E-state index contributed by atoms with van der Waals surface area (Å²) in [5.74, 6) is -1.57. The predicted molar refractivity (Wildman–Crippen MR) is 142 cm³/mol. The van der Waals surface area contributed by atoms with E-state index in [1.807, 2.05) is 31.2 Å². The van der Waals surface area contributed by atoms with Crippen LogP contribution in [0.4, 0.5) is 14.5 Å². The van der Waals surface area contributed by atoms with Crippen LogP contribution in [0.2, 0.25) is 0 Å². The Balaban J connectivity index is 1.34. The Kier molecular flexibility index (Phi) is 6.88. The van der Waals surface area contributed by atoms with Crippen molar-refractivity contribution < 1.29 is 18.4 Å². The van der Waals surface area contributed by atoms with Gasteiger partial charge in [-0.15, -0.1) is 0 Å². The maximum absolute atomic E-state index is 13.8. The molecule has 2 amide bonds. The summed E-state index contributed by atoms with van der Waals surface area (Å²) >= 11 is 1.19. The van der Waals surface area contributed by atoms with Crippen molar-refractivity contribution >= 4 is 40.1 Å². The molecule has 5 rings (SSSR count). The monoisotopic (exact) mass is 518 g/mol. The van der Waals surface area contributed by atoms with Crippen molar-refractivity contribution in [3.8, 4) is 0 Å². The van der Waals surface area contributed by atoms with Gasteiger partial charge in [0.25, 0.3) is 5.91 Å². The Bertz CT molecular complexity index is 1420. The van der Waals surface area contributed by atoms with Crippen molar-refractivity contribution in [3.05, 3.63) is 101 Å². The molecule has 2 aliphatic heterocycles. The number of nitrogens with zero attached hydrogens (tertiary/aromatic N) is 3. The van der Waals surface area contributed by atoms with Gasteiger partial charge in [-0.25, -0.2) is 13.8 Å². The van der Waals surface area contributed by atoms with Crippen LogP contribution < -0.4 is 5.32 Å². The van der Waals surface area contributed by atoms with Gasteiger partial charge in [-0.05, 0) is 54.8 Å². The standard InChI is InChI=1S/C28H24F2N4O2S/c1-16-3-6-19(7-4-16)24-14-23(18-8-10-20(29)11-9-18)33-34(24)28-32-27(36)25(37-28)15-26(35)31-21-12-5-17(2)22(30)13-21/h3-13,24-25H,14-15H2,1-2H3,(H,31,35)/t24-,25+/m0/s1. The molecule has 2 heterocycles. The Morgan fingerprint density at radius 1 is 1.05 bits per heavy atom. The van der Waals surface area contributed by atoms with Crippen LogP contribution in [-0.4, -0.2) is 33.0 Å². The fourth-order valence-electron chi connectivity index (χ4n) is 4.21. The summed E-state index contributed by atoms with van der Waals surface area (Å²) in [5.41, 5.74) is 4.48. The second-order valence-corrected chi connectivity index (χ2v) is 10.3. The summed E-state index contributed by atoms with van der Waals surface area (Å²) < 4.78 is 27.3. The van der Waals surface area contributed by atoms with Crippen molar-refractivity contribution in [1.29, 1.82) is 0 Å². The summed E-state index contributed by atoms with van der Waals surface area (Å²) in [7, 11) is 0. The number of thioether (sulfide) groups is 1. The van der Waals surface area contributed by atoms with E-state index in [9.17, 15) is 18.4 Å². The first kappa shape index (κ1) is 24.8. The van der Waals surface area contributed by atoms with Gasteiger partial charge in [0.1, 0.15) is 16.9 Å². The highest BCUT2D eigenvalue weighted by Crippen LogP contribution is 2.38. The molecule has 0 spiro atoms. The number of hydrogen-bond acceptors (Lipinski definition) is 5. The van der Waals surface area contributed by atoms with E-state index >= 15 is 0 Å². The SMILES string of the molecule is Cc1ccc([C@@H]2CC(c3ccc(F)cc3)=NN2C2=NC(=O)[C@@H](CC(=O)Nc3ccc(C)c(F)c3)S2)cc1. The Morgan fingerprint density at radius 3 is 2.49 bits per heavy atom. The van der Waals surface area contributed by atoms with E-state index in [2.05, 4.69) is 10.3 Å². The van der Waals surface area contributed by atoms with Gasteiger partial charge in [0, 0.05) is 18.5 Å². The molecule has 37 heavy (non-hydrogen) atoms. The number of benzene rings is 3. The van der Waals surface area contributed by atoms with Gasteiger partial charge in [-0.3, -0.25) is 9.59 Å². The first-order chi connectivity index (χ1) is 17.8. The number of rotatable bonds is 5. The number of carbonyl (C=O) groups is 2. The van der Waals surface area contributed by atoms with E-state index in [4.69, 9.17) is 5.10 Å². The van der Waals surface area contributed by atoms with Crippen molar-refractivity contribution in [2.75, 3.05) is 5.32 Å². The maximum Gasteiger partial charge on any atom is 0.262 e. The zero-order valence-corrected chi connectivity index (χ0v) is 21.1. The molecular formula is C28H24F2N4O2S. The molecule has 2 aliphatic rings. The Labute approximate surface area is 217 Å². The van der Waals surface area contributed by atoms with Crippen LogP contribution in [0.5, 0.6) is 0 Å². The molecule has 0 fully saturated rings. The minimum atomic E-state index is -0.714. The zero-order valence-electron chi connectivity index (χ0n) is 20.2. The molecule has 3 aromatic carbocycles. The van der Waals surface area contributed by atoms with Gasteiger partial charge >= 0.3 is 0 Å². The third kappa shape index (κ3) is 5.46. The molecule has 1 N–H and O–H groups in total. The van der Waals surface area contributed by atoms with Crippen LogP contribution in [0.15, 0.2) is 76.8 Å². The first-order valence-electron chi connectivity index (χ1n) is 11.8. The van der Waals surface area contributed by atoms with Crippen molar-refractivity contribution in [3.63, 3.8) is 0 Å². The highest BCUT2D eigenvalue weighted by Gasteiger charge is 2.39. The molecule has 0 aromatic heterocycles. The Hall–Kier alpha value is -3.85. The van der Waals surface area contributed by atoms with Crippen molar-refractivity contribution in [2.24, 2.45) is 10.1 Å². The van der Waals surface area contributed by atoms with Crippen LogP contribution in [0, 0.1) is 25.5 Å². The van der Waals surface area contributed by atoms with Gasteiger partial charge in [0.2, 0.25) is 5.91 Å². The van der Waals surface area contributed by atoms with Gasteiger partial charge in [-0.1, -0.05) is 59.8 Å². The zero-order chi connectivity index (χ0) is 26.1. The summed E-state index contributed by atoms with van der Waals surface area (Å²) in [6.45, 7) is 3.65. The van der Waals surface area contributed by atoms with Crippen LogP contribution in [0.3, 0.4) is 0 Å². The molecule has 6 nitrogen and oxygen atoms in total. The number of anilines is 1. The largest absolute Gasteiger partial charge is 0.326 e. The molecule has 0 bridgehead atoms. The van der Waals surface area contributed by atoms with Gasteiger partial charge in [0.15, 0.2) is 5.17 Å². The lowest BCUT2D eigenvalue weighted by Crippen LogP contribution is -2.25. The first-order valence-corrected chi connectivity index (χ1v) is 12.7. The third-order valence-corrected chi connectivity index (χ3v) is 7.44. The van der Waals surface area contributed by atoms with E-state index < -0.39 is 22.9 Å². The van der Waals surface area contributed by atoms with Crippen LogP contribution in [0.1, 0.15) is 41.1 Å². The molecule has 0 radical (unpaired) electrons. The minimum Gasteiger partial charge on any atom is -0.326 e. The van der Waals surface area contributed by atoms with E-state index in [1.54, 1.807) is 36.2 Å². The second-order valence-electron chi connectivity index (χ2n) is 9.08. The molecule has 0 saturated heterocycles. The average Bonchev–Trinajstić information content (AvgIpc) is 3.46. The second kappa shape index (κ2) is 10.3. The summed E-state index contributed by atoms with van der Waals surface area (Å²) in [6.07, 6.45) is 0.441. The van der Waals surface area contributed by atoms with Gasteiger partial charge in [-0.2, -0.15) is 10.1 Å². The number of hydrazone groups is 1. The van der Waals surface area contributed by atoms with E-state index in [-0.39, 0.29) is 18.3 Å². The minimum absolute atomic E-state index is 0.108. The number of aliphatic imine (C=N–C) groups is 1. The van der Waals surface area contributed by atoms with Crippen LogP contribution in [-0.2, 0) is 9.59 Å². The number of amidine groups is 1. The fourth-order valence-corrected chi connectivity index (χ4v) is 5.27. The van der Waals surface area contributed by atoms with E-state index in [1.165, 1.54) is 30.0 Å². The lowest BCUT2D eigenvalue weighted by atomic mass is 9.98. The topological polar surface area (TPSA) is 74.1 Å². The highest BCUT2D eigenvalue weighted by atomic mass is 32.2. The number of amides is 2. The molecule has 0 aliphatic carbocycles. The van der Waals surface area contributed by atoms with Crippen LogP contribution in [0.25, 0.3) is 0 Å². The summed E-state index contributed by atoms with van der Waals surface area (Å²) in [6, 6.07) is 18.4. The predicted octanol–water partition coefficient (Wildman–Crippen LogP) is 5.76. The smallest absolute Gasteiger partial charge is 0.262 e. The fraction of sp³-hybridized carbons (Fsp3) is 0.214. The van der Waals surface area contributed by atoms with Crippen molar-refractivity contribution in [2.45, 2.75) is 38.0 Å². The maximum atomic E-state index is 13.8. The molecular weight excluding hydrogens is 494 g/mol. The third-order valence-electron chi connectivity index (χ3n) is 6.30. The molecule has 0 saturated carbocycles. The Morgan fingerprint density at radius 2 is 1.78 bits per heavy atom. The molecule has 188 valence electrons. The molecule has 2 atom stereocenters. The van der Waals surface area contributed by atoms with Crippen molar-refractivity contribution in [1.82, 2.24) is 5.01 Å². The van der Waals surface area contributed by atoms with Gasteiger partial charge in [0.05, 0.1) is 11.8 Å². The average molecular weight is 519 g/mol. The number of nitrogens with one attached hydrogen (secondary N) is 1. The normalized spacial score (nSPS) is 19.1. The summed E-state index contributed by atoms with van der Waals surface area (Å²) in [4.78, 5) is 29.6. The van der Waals surface area contributed by atoms with E-state index in [0.29, 0.717) is 22.8 Å². The molecule has 0 unspecified atom stereocenters. The summed E-state index contributed by atoms with van der Waals surface area (Å²) in [5, 5.41) is 8.83. The van der Waals surface area contributed by atoms with Gasteiger partial charge < -0.3 is 5.32 Å². The van der Waals surface area contributed by atoms with Crippen LogP contribution >= 0.6 is 11.8 Å².